The van der Waals surface area contributed by atoms with Gasteiger partial charge in [-0.25, -0.2) is 0 Å². The van der Waals surface area contributed by atoms with Crippen molar-refractivity contribution in [2.24, 2.45) is 5.73 Å². The second-order valence-corrected chi connectivity index (χ2v) is 6.55. The van der Waals surface area contributed by atoms with E-state index in [1.165, 1.54) is 6.92 Å². The Morgan fingerprint density at radius 1 is 0.857 bits per heavy atom. The molecule has 0 aliphatic carbocycles. The van der Waals surface area contributed by atoms with Crippen molar-refractivity contribution in [2.45, 2.75) is 20.0 Å². The molecule has 3 aromatic carbocycles. The van der Waals surface area contributed by atoms with Crippen LogP contribution in [0.25, 0.3) is 11.1 Å². The van der Waals surface area contributed by atoms with E-state index in [1.54, 1.807) is 6.07 Å². The lowest BCUT2D eigenvalue weighted by molar-refractivity contribution is -0.119. The molecular weight excluding hydrogens is 350 g/mol. The van der Waals surface area contributed by atoms with Gasteiger partial charge in [0, 0.05) is 31.3 Å². The minimum atomic E-state index is -0.187. The highest BCUT2D eigenvalue weighted by molar-refractivity contribution is 6.05. The Kier molecular flexibility index (Phi) is 6.19. The van der Waals surface area contributed by atoms with Crippen molar-refractivity contribution in [3.05, 3.63) is 89.5 Å². The fourth-order valence-electron chi connectivity index (χ4n) is 2.91. The SMILES string of the molecule is CC(=O)NCc1cccc(NC(=O)c2cccc(-c3cccc(CN)c3)c2)c1. The topological polar surface area (TPSA) is 84.2 Å². The van der Waals surface area contributed by atoms with Gasteiger partial charge >= 0.3 is 0 Å². The monoisotopic (exact) mass is 373 g/mol. The van der Waals surface area contributed by atoms with Crippen molar-refractivity contribution in [1.29, 1.82) is 0 Å². The van der Waals surface area contributed by atoms with Crippen molar-refractivity contribution in [3.8, 4) is 11.1 Å². The molecule has 0 radical (unpaired) electrons. The summed E-state index contributed by atoms with van der Waals surface area (Å²) < 4.78 is 0. The Balaban J connectivity index is 1.76. The molecule has 0 saturated heterocycles. The van der Waals surface area contributed by atoms with Crippen LogP contribution in [0.2, 0.25) is 0 Å². The van der Waals surface area contributed by atoms with Crippen LogP contribution >= 0.6 is 0 Å². The van der Waals surface area contributed by atoms with Gasteiger partial charge in [-0.3, -0.25) is 9.59 Å². The molecule has 28 heavy (non-hydrogen) atoms. The van der Waals surface area contributed by atoms with E-state index < -0.39 is 0 Å². The van der Waals surface area contributed by atoms with Crippen LogP contribution in [-0.2, 0) is 17.9 Å². The Morgan fingerprint density at radius 2 is 1.54 bits per heavy atom. The van der Waals surface area contributed by atoms with Crippen molar-refractivity contribution in [3.63, 3.8) is 0 Å². The molecule has 0 bridgehead atoms. The van der Waals surface area contributed by atoms with Crippen molar-refractivity contribution in [1.82, 2.24) is 5.32 Å². The molecule has 0 unspecified atom stereocenters. The maximum absolute atomic E-state index is 12.7. The first-order chi connectivity index (χ1) is 13.5. The molecule has 0 saturated carbocycles. The number of carbonyl (C=O) groups excluding carboxylic acids is 2. The zero-order chi connectivity index (χ0) is 19.9. The Labute approximate surface area is 164 Å². The van der Waals surface area contributed by atoms with Gasteiger partial charge < -0.3 is 16.4 Å². The van der Waals surface area contributed by atoms with Gasteiger partial charge in [-0.15, -0.1) is 0 Å². The predicted octanol–water partition coefficient (Wildman–Crippen LogP) is 3.70. The minimum absolute atomic E-state index is 0.0926. The Bertz CT molecular complexity index is 998. The van der Waals surface area contributed by atoms with E-state index in [-0.39, 0.29) is 11.8 Å². The number of hydrogen-bond donors (Lipinski definition) is 3. The quantitative estimate of drug-likeness (QED) is 0.616. The van der Waals surface area contributed by atoms with Gasteiger partial charge in [-0.05, 0) is 52.6 Å². The molecule has 0 aliphatic rings. The summed E-state index contributed by atoms with van der Waals surface area (Å²) in [7, 11) is 0. The normalized spacial score (nSPS) is 10.4. The molecule has 5 nitrogen and oxygen atoms in total. The summed E-state index contributed by atoms with van der Waals surface area (Å²) in [6.07, 6.45) is 0. The summed E-state index contributed by atoms with van der Waals surface area (Å²) in [5.74, 6) is -0.279. The fourth-order valence-corrected chi connectivity index (χ4v) is 2.91. The molecule has 142 valence electrons. The molecule has 0 aromatic heterocycles. The van der Waals surface area contributed by atoms with Crippen LogP contribution in [0, 0.1) is 0 Å². The third-order valence-corrected chi connectivity index (χ3v) is 4.35. The molecule has 0 atom stereocenters. The fraction of sp³-hybridized carbons (Fsp3) is 0.130. The molecule has 3 aromatic rings. The average molecular weight is 373 g/mol. The lowest BCUT2D eigenvalue weighted by Gasteiger charge is -2.10. The number of benzene rings is 3. The van der Waals surface area contributed by atoms with Crippen molar-refractivity contribution < 1.29 is 9.59 Å². The lowest BCUT2D eigenvalue weighted by Crippen LogP contribution is -2.19. The molecule has 0 aliphatic heterocycles. The van der Waals surface area contributed by atoms with Crippen LogP contribution in [0.15, 0.2) is 72.8 Å². The highest BCUT2D eigenvalue weighted by Crippen LogP contribution is 2.22. The van der Waals surface area contributed by atoms with Gasteiger partial charge in [0.25, 0.3) is 5.91 Å². The largest absolute Gasteiger partial charge is 0.352 e. The first kappa shape index (κ1) is 19.3. The van der Waals surface area contributed by atoms with E-state index >= 15 is 0 Å². The lowest BCUT2D eigenvalue weighted by atomic mass is 10.0. The van der Waals surface area contributed by atoms with E-state index in [2.05, 4.69) is 10.6 Å². The summed E-state index contributed by atoms with van der Waals surface area (Å²) in [4.78, 5) is 23.8. The van der Waals surface area contributed by atoms with E-state index in [4.69, 9.17) is 5.73 Å². The zero-order valence-corrected chi connectivity index (χ0v) is 15.7. The third-order valence-electron chi connectivity index (χ3n) is 4.35. The van der Waals surface area contributed by atoms with Gasteiger partial charge in [0.1, 0.15) is 0 Å². The molecule has 3 rings (SSSR count). The number of rotatable bonds is 6. The Hall–Kier alpha value is -3.44. The second kappa shape index (κ2) is 8.97. The summed E-state index contributed by atoms with van der Waals surface area (Å²) in [6, 6.07) is 22.9. The van der Waals surface area contributed by atoms with E-state index in [9.17, 15) is 9.59 Å². The van der Waals surface area contributed by atoms with Gasteiger partial charge in [-0.2, -0.15) is 0 Å². The number of nitrogens with two attached hydrogens (primary N) is 1. The average Bonchev–Trinajstić information content (AvgIpc) is 2.72. The zero-order valence-electron chi connectivity index (χ0n) is 15.7. The van der Waals surface area contributed by atoms with E-state index in [1.807, 2.05) is 66.7 Å². The molecule has 0 heterocycles. The Morgan fingerprint density at radius 3 is 2.29 bits per heavy atom. The summed E-state index contributed by atoms with van der Waals surface area (Å²) in [5, 5.41) is 5.66. The maximum Gasteiger partial charge on any atom is 0.255 e. The summed E-state index contributed by atoms with van der Waals surface area (Å²) >= 11 is 0. The van der Waals surface area contributed by atoms with Gasteiger partial charge in [0.15, 0.2) is 0 Å². The first-order valence-electron chi connectivity index (χ1n) is 9.09. The van der Waals surface area contributed by atoms with E-state index in [0.717, 1.165) is 22.3 Å². The van der Waals surface area contributed by atoms with Crippen LogP contribution in [-0.4, -0.2) is 11.8 Å². The number of nitrogens with one attached hydrogen (secondary N) is 2. The standard InChI is InChI=1S/C23H23N3O2/c1-16(27)25-15-18-6-3-10-22(12-18)26-23(28)21-9-4-8-20(13-21)19-7-2-5-17(11-19)14-24/h2-13H,14-15,24H2,1H3,(H,25,27)(H,26,28). The number of anilines is 1. The highest BCUT2D eigenvalue weighted by Gasteiger charge is 2.09. The van der Waals surface area contributed by atoms with Crippen molar-refractivity contribution >= 4 is 17.5 Å². The van der Waals surface area contributed by atoms with Crippen LogP contribution in [0.3, 0.4) is 0 Å². The van der Waals surface area contributed by atoms with Gasteiger partial charge in [0.05, 0.1) is 0 Å². The minimum Gasteiger partial charge on any atom is -0.352 e. The van der Waals surface area contributed by atoms with Crippen molar-refractivity contribution in [2.75, 3.05) is 5.32 Å². The molecule has 0 fully saturated rings. The summed E-state index contributed by atoms with van der Waals surface area (Å²) in [5.41, 5.74) is 10.9. The molecule has 5 heteroatoms. The molecule has 2 amide bonds. The third kappa shape index (κ3) is 5.05. The molecule has 4 N–H and O–H groups in total. The number of carbonyl (C=O) groups is 2. The smallest absolute Gasteiger partial charge is 0.255 e. The van der Waals surface area contributed by atoms with Crippen LogP contribution in [0.1, 0.15) is 28.4 Å². The highest BCUT2D eigenvalue weighted by atomic mass is 16.2. The second-order valence-electron chi connectivity index (χ2n) is 6.55. The van der Waals surface area contributed by atoms with Crippen LogP contribution in [0.4, 0.5) is 5.69 Å². The summed E-state index contributed by atoms with van der Waals surface area (Å²) in [6.45, 7) is 2.37. The maximum atomic E-state index is 12.7. The van der Waals surface area contributed by atoms with Crippen LogP contribution < -0.4 is 16.4 Å². The van der Waals surface area contributed by atoms with Crippen LogP contribution in [0.5, 0.6) is 0 Å². The molecular formula is C23H23N3O2. The first-order valence-corrected chi connectivity index (χ1v) is 9.09. The number of hydrogen-bond acceptors (Lipinski definition) is 3. The van der Waals surface area contributed by atoms with Gasteiger partial charge in [-0.1, -0.05) is 42.5 Å². The predicted molar refractivity (Wildman–Crippen MR) is 112 cm³/mol. The van der Waals surface area contributed by atoms with E-state index in [0.29, 0.717) is 24.3 Å². The molecule has 0 spiro atoms. The van der Waals surface area contributed by atoms with Gasteiger partial charge in [0.2, 0.25) is 5.91 Å². The number of amides is 2.